The van der Waals surface area contributed by atoms with Gasteiger partial charge in [0, 0.05) is 20.6 Å². The summed E-state index contributed by atoms with van der Waals surface area (Å²) >= 11 is 9.35. The molecule has 0 aliphatic rings. The summed E-state index contributed by atoms with van der Waals surface area (Å²) in [7, 11) is 1.53. The molecule has 0 aliphatic heterocycles. The molecule has 0 aromatic heterocycles. The van der Waals surface area contributed by atoms with Crippen LogP contribution in [0.3, 0.4) is 0 Å². The van der Waals surface area contributed by atoms with Crippen LogP contribution in [0.15, 0.2) is 28.7 Å². The molecule has 2 rings (SSSR count). The second-order valence-electron chi connectivity index (χ2n) is 4.82. The van der Waals surface area contributed by atoms with E-state index in [4.69, 9.17) is 16.3 Å². The van der Waals surface area contributed by atoms with E-state index in [-0.39, 0.29) is 5.56 Å². The Balaban J connectivity index is 2.68. The molecule has 0 amide bonds. The van der Waals surface area contributed by atoms with Gasteiger partial charge in [0.25, 0.3) is 0 Å². The smallest absolute Gasteiger partial charge is 0.129 e. The Hall–Kier alpha value is -1.10. The molecule has 0 fully saturated rings. The highest BCUT2D eigenvalue weighted by Crippen LogP contribution is 2.39. The summed E-state index contributed by atoms with van der Waals surface area (Å²) in [6, 6.07) is 6.02. The van der Waals surface area contributed by atoms with Crippen LogP contribution < -0.4 is 4.74 Å². The van der Waals surface area contributed by atoms with E-state index in [1.54, 1.807) is 0 Å². The number of aryl methyl sites for hydroxylation is 1. The zero-order chi connectivity index (χ0) is 15.7. The first-order valence-corrected chi connectivity index (χ1v) is 7.50. The Morgan fingerprint density at radius 2 is 1.95 bits per heavy atom. The number of rotatable bonds is 3. The number of methoxy groups -OCH3 is 1. The van der Waals surface area contributed by atoms with Gasteiger partial charge in [-0.15, -0.1) is 0 Å². The maximum atomic E-state index is 14.0. The first-order valence-electron chi connectivity index (χ1n) is 6.33. The van der Waals surface area contributed by atoms with Crippen molar-refractivity contribution in [1.82, 2.24) is 0 Å². The molecular weight excluding hydrogens is 359 g/mol. The highest BCUT2D eigenvalue weighted by atomic mass is 79.9. The zero-order valence-corrected chi connectivity index (χ0v) is 14.2. The highest BCUT2D eigenvalue weighted by Gasteiger charge is 2.24. The second kappa shape index (κ2) is 6.34. The molecule has 0 spiro atoms. The molecular formula is C16H15BrClFO2. The van der Waals surface area contributed by atoms with Gasteiger partial charge in [-0.3, -0.25) is 0 Å². The number of ether oxygens (including phenoxy) is 1. The molecule has 0 radical (unpaired) electrons. The molecule has 2 aromatic carbocycles. The summed E-state index contributed by atoms with van der Waals surface area (Å²) in [6.07, 6.45) is -1.16. The van der Waals surface area contributed by atoms with E-state index in [9.17, 15) is 9.50 Å². The molecule has 0 bridgehead atoms. The van der Waals surface area contributed by atoms with Crippen molar-refractivity contribution in [2.24, 2.45) is 0 Å². The Kier molecular flexibility index (Phi) is 4.91. The van der Waals surface area contributed by atoms with Crippen LogP contribution in [0.25, 0.3) is 0 Å². The maximum absolute atomic E-state index is 14.0. The number of aliphatic hydroxyl groups is 1. The lowest BCUT2D eigenvalue weighted by molar-refractivity contribution is 0.208. The summed E-state index contributed by atoms with van der Waals surface area (Å²) in [5, 5.41) is 11.0. The predicted octanol–water partition coefficient (Wildman–Crippen LogP) is 4.95. The molecule has 0 aliphatic carbocycles. The molecule has 2 aromatic rings. The number of aliphatic hydroxyl groups excluding tert-OH is 1. The first-order chi connectivity index (χ1) is 9.86. The van der Waals surface area contributed by atoms with Gasteiger partial charge in [-0.05, 0) is 49.2 Å². The minimum absolute atomic E-state index is 0.126. The number of hydrogen-bond donors (Lipinski definition) is 1. The fourth-order valence-electron chi connectivity index (χ4n) is 2.36. The quantitative estimate of drug-likeness (QED) is 0.825. The Bertz CT molecular complexity index is 688. The minimum atomic E-state index is -1.16. The molecule has 1 unspecified atom stereocenters. The Morgan fingerprint density at radius 3 is 2.57 bits per heavy atom. The van der Waals surface area contributed by atoms with Gasteiger partial charge < -0.3 is 9.84 Å². The predicted molar refractivity (Wildman–Crippen MR) is 85.6 cm³/mol. The number of halogens is 3. The average Bonchev–Trinajstić information content (AvgIpc) is 2.44. The van der Waals surface area contributed by atoms with Crippen LogP contribution in [0.2, 0.25) is 5.02 Å². The van der Waals surface area contributed by atoms with Crippen LogP contribution in [-0.2, 0) is 0 Å². The van der Waals surface area contributed by atoms with Gasteiger partial charge in [-0.25, -0.2) is 4.39 Å². The fraction of sp³-hybridized carbons (Fsp3) is 0.250. The molecule has 21 heavy (non-hydrogen) atoms. The number of hydrogen-bond acceptors (Lipinski definition) is 2. The lowest BCUT2D eigenvalue weighted by Crippen LogP contribution is -2.08. The topological polar surface area (TPSA) is 29.5 Å². The van der Waals surface area contributed by atoms with E-state index in [2.05, 4.69) is 15.9 Å². The van der Waals surface area contributed by atoms with E-state index in [0.29, 0.717) is 16.3 Å². The average molecular weight is 374 g/mol. The molecule has 5 heteroatoms. The van der Waals surface area contributed by atoms with Crippen molar-refractivity contribution in [1.29, 1.82) is 0 Å². The van der Waals surface area contributed by atoms with Crippen molar-refractivity contribution < 1.29 is 14.2 Å². The van der Waals surface area contributed by atoms with Gasteiger partial charge in [0.2, 0.25) is 0 Å². The second-order valence-corrected chi connectivity index (χ2v) is 6.11. The molecule has 0 saturated carbocycles. The summed E-state index contributed by atoms with van der Waals surface area (Å²) < 4.78 is 20.2. The van der Waals surface area contributed by atoms with Crippen LogP contribution >= 0.6 is 27.5 Å². The van der Waals surface area contributed by atoms with Crippen molar-refractivity contribution in [2.45, 2.75) is 20.0 Å². The normalized spacial score (nSPS) is 12.3. The third-order valence-corrected chi connectivity index (χ3v) is 4.50. The van der Waals surface area contributed by atoms with Crippen molar-refractivity contribution >= 4 is 27.5 Å². The molecule has 0 saturated heterocycles. The summed E-state index contributed by atoms with van der Waals surface area (Å²) in [5.41, 5.74) is 2.31. The SMILES string of the molecule is COc1c(C)cc(Br)c(C)c1C(O)c1cc(Cl)ccc1F. The summed E-state index contributed by atoms with van der Waals surface area (Å²) in [4.78, 5) is 0. The zero-order valence-electron chi connectivity index (χ0n) is 11.9. The molecule has 112 valence electrons. The largest absolute Gasteiger partial charge is 0.496 e. The highest BCUT2D eigenvalue weighted by molar-refractivity contribution is 9.10. The summed E-state index contributed by atoms with van der Waals surface area (Å²) in [5.74, 6) is 0.0357. The van der Waals surface area contributed by atoms with E-state index >= 15 is 0 Å². The standard InChI is InChI=1S/C16H15BrClFO2/c1-8-6-12(17)9(2)14(16(8)21-3)15(20)11-7-10(18)4-5-13(11)19/h4-7,15,20H,1-3H3. The lowest BCUT2D eigenvalue weighted by atomic mass is 9.94. The Labute approximate surface area is 136 Å². The molecule has 1 atom stereocenters. The van der Waals surface area contributed by atoms with Gasteiger partial charge >= 0.3 is 0 Å². The van der Waals surface area contributed by atoms with E-state index < -0.39 is 11.9 Å². The van der Waals surface area contributed by atoms with Crippen molar-refractivity contribution in [3.05, 3.63) is 61.8 Å². The summed E-state index contributed by atoms with van der Waals surface area (Å²) in [6.45, 7) is 3.71. The van der Waals surface area contributed by atoms with Crippen LogP contribution in [0.5, 0.6) is 5.75 Å². The van der Waals surface area contributed by atoms with Gasteiger partial charge in [-0.1, -0.05) is 27.5 Å². The van der Waals surface area contributed by atoms with Crippen LogP contribution in [0.4, 0.5) is 4.39 Å². The lowest BCUT2D eigenvalue weighted by Gasteiger charge is -2.21. The number of benzene rings is 2. The van der Waals surface area contributed by atoms with Crippen LogP contribution in [0, 0.1) is 19.7 Å². The fourth-order valence-corrected chi connectivity index (χ4v) is 3.09. The van der Waals surface area contributed by atoms with Crippen molar-refractivity contribution in [3.63, 3.8) is 0 Å². The van der Waals surface area contributed by atoms with Gasteiger partial charge in [-0.2, -0.15) is 0 Å². The van der Waals surface area contributed by atoms with Gasteiger partial charge in [0.15, 0.2) is 0 Å². The monoisotopic (exact) mass is 372 g/mol. The Morgan fingerprint density at radius 1 is 1.29 bits per heavy atom. The van der Waals surface area contributed by atoms with Crippen molar-refractivity contribution in [2.75, 3.05) is 7.11 Å². The van der Waals surface area contributed by atoms with Gasteiger partial charge in [0.05, 0.1) is 7.11 Å². The maximum Gasteiger partial charge on any atom is 0.129 e. The van der Waals surface area contributed by atoms with Crippen LogP contribution in [0.1, 0.15) is 28.4 Å². The van der Waals surface area contributed by atoms with Crippen LogP contribution in [-0.4, -0.2) is 12.2 Å². The van der Waals surface area contributed by atoms with Gasteiger partial charge in [0.1, 0.15) is 17.7 Å². The van der Waals surface area contributed by atoms with E-state index in [1.807, 2.05) is 19.9 Å². The molecule has 2 nitrogen and oxygen atoms in total. The minimum Gasteiger partial charge on any atom is -0.496 e. The first kappa shape index (κ1) is 16.3. The molecule has 1 N–H and O–H groups in total. The van der Waals surface area contributed by atoms with E-state index in [1.165, 1.54) is 25.3 Å². The van der Waals surface area contributed by atoms with E-state index in [0.717, 1.165) is 15.6 Å². The molecule has 0 heterocycles. The van der Waals surface area contributed by atoms with Crippen molar-refractivity contribution in [3.8, 4) is 5.75 Å². The third kappa shape index (κ3) is 3.07. The third-order valence-electron chi connectivity index (χ3n) is 3.44.